The molecule has 0 aliphatic carbocycles. The second-order valence-corrected chi connectivity index (χ2v) is 9.19. The number of halogens is 2. The van der Waals surface area contributed by atoms with Gasteiger partial charge in [0.25, 0.3) is 0 Å². The van der Waals surface area contributed by atoms with Crippen molar-refractivity contribution in [2.75, 3.05) is 10.2 Å². The number of hydrogen-bond acceptors (Lipinski definition) is 5. The number of carbonyl (C=O) groups is 1. The third kappa shape index (κ3) is 3.98. The van der Waals surface area contributed by atoms with Gasteiger partial charge < -0.3 is 19.7 Å². The van der Waals surface area contributed by atoms with Crippen LogP contribution in [0.25, 0.3) is 11.0 Å². The SMILES string of the molecule is Cc1cc(C(C)Nc2cccc(F)c2C(=O)O)c2oc(N3Cc4ccc(F)cc4C3)c(C)c(=O)c2c1. The van der Waals surface area contributed by atoms with Gasteiger partial charge in [-0.05, 0) is 67.8 Å². The first-order chi connectivity index (χ1) is 17.1. The molecular weight excluding hydrogens is 466 g/mol. The number of aryl methyl sites for hydroxylation is 1. The molecule has 184 valence electrons. The lowest BCUT2D eigenvalue weighted by molar-refractivity contribution is 0.0693. The van der Waals surface area contributed by atoms with E-state index in [2.05, 4.69) is 5.32 Å². The second kappa shape index (κ2) is 8.78. The smallest absolute Gasteiger partial charge is 0.340 e. The summed E-state index contributed by atoms with van der Waals surface area (Å²) in [4.78, 5) is 27.0. The number of aromatic carboxylic acids is 1. The minimum Gasteiger partial charge on any atom is -0.478 e. The van der Waals surface area contributed by atoms with E-state index in [-0.39, 0.29) is 16.9 Å². The number of nitrogens with one attached hydrogen (secondary N) is 1. The van der Waals surface area contributed by atoms with Crippen LogP contribution in [0, 0.1) is 25.5 Å². The maximum absolute atomic E-state index is 14.2. The molecule has 0 radical (unpaired) electrons. The molecule has 2 N–H and O–H groups in total. The van der Waals surface area contributed by atoms with Crippen molar-refractivity contribution in [3.05, 3.63) is 104 Å². The van der Waals surface area contributed by atoms with Crippen LogP contribution in [0.2, 0.25) is 0 Å². The molecule has 3 aromatic carbocycles. The number of fused-ring (bicyclic) bond motifs is 2. The van der Waals surface area contributed by atoms with Gasteiger partial charge in [0.1, 0.15) is 22.8 Å². The van der Waals surface area contributed by atoms with E-state index in [0.717, 1.165) is 22.8 Å². The largest absolute Gasteiger partial charge is 0.478 e. The standard InChI is InChI=1S/C28H24F2N2O4/c1-14-9-20(16(3)31-23-6-4-5-22(30)24(23)28(34)35)26-21(10-14)25(33)15(2)27(36-26)32-12-17-7-8-19(29)11-18(17)13-32/h4-11,16,31H,12-13H2,1-3H3,(H,34,35). The fraction of sp³-hybridized carbons (Fsp3) is 0.214. The van der Waals surface area contributed by atoms with E-state index < -0.39 is 23.4 Å². The molecule has 1 aliphatic heterocycles. The lowest BCUT2D eigenvalue weighted by Gasteiger charge is -2.22. The summed E-state index contributed by atoms with van der Waals surface area (Å²) in [5.41, 5.74) is 3.56. The summed E-state index contributed by atoms with van der Waals surface area (Å²) in [5, 5.41) is 13.0. The molecule has 2 heterocycles. The number of nitrogens with zero attached hydrogens (tertiary/aromatic N) is 1. The third-order valence-electron chi connectivity index (χ3n) is 6.61. The van der Waals surface area contributed by atoms with Gasteiger partial charge in [0.15, 0.2) is 5.43 Å². The Morgan fingerprint density at radius 1 is 1.08 bits per heavy atom. The summed E-state index contributed by atoms with van der Waals surface area (Å²) in [6, 6.07) is 11.8. The second-order valence-electron chi connectivity index (χ2n) is 9.19. The molecule has 0 bridgehead atoms. The quantitative estimate of drug-likeness (QED) is 0.353. The average molecular weight is 491 g/mol. The van der Waals surface area contributed by atoms with E-state index in [4.69, 9.17) is 4.42 Å². The lowest BCUT2D eigenvalue weighted by atomic mass is 10.00. The van der Waals surface area contributed by atoms with Crippen LogP contribution >= 0.6 is 0 Å². The van der Waals surface area contributed by atoms with Crippen molar-refractivity contribution in [1.82, 2.24) is 0 Å². The van der Waals surface area contributed by atoms with Gasteiger partial charge in [0.2, 0.25) is 5.88 Å². The summed E-state index contributed by atoms with van der Waals surface area (Å²) < 4.78 is 34.3. The van der Waals surface area contributed by atoms with Crippen molar-refractivity contribution in [2.24, 2.45) is 0 Å². The molecule has 0 spiro atoms. The van der Waals surface area contributed by atoms with Gasteiger partial charge in [-0.25, -0.2) is 13.6 Å². The summed E-state index contributed by atoms with van der Waals surface area (Å²) in [5.74, 6) is -2.14. The first-order valence-corrected chi connectivity index (χ1v) is 11.5. The number of carboxylic acids is 1. The fourth-order valence-electron chi connectivity index (χ4n) is 4.86. The van der Waals surface area contributed by atoms with Crippen LogP contribution < -0.4 is 15.6 Å². The Balaban J connectivity index is 1.60. The van der Waals surface area contributed by atoms with Crippen LogP contribution in [0.1, 0.15) is 51.1 Å². The highest BCUT2D eigenvalue weighted by molar-refractivity contribution is 5.94. The number of carboxylic acid groups (broad SMARTS) is 1. The molecule has 0 fully saturated rings. The first-order valence-electron chi connectivity index (χ1n) is 11.5. The highest BCUT2D eigenvalue weighted by Crippen LogP contribution is 2.35. The number of anilines is 2. The molecule has 4 aromatic rings. The number of hydrogen-bond donors (Lipinski definition) is 2. The Labute approximate surface area is 205 Å². The van der Waals surface area contributed by atoms with E-state index in [9.17, 15) is 23.5 Å². The van der Waals surface area contributed by atoms with Gasteiger partial charge in [-0.2, -0.15) is 0 Å². The van der Waals surface area contributed by atoms with Gasteiger partial charge in [-0.1, -0.05) is 18.2 Å². The zero-order valence-electron chi connectivity index (χ0n) is 20.0. The van der Waals surface area contributed by atoms with Crippen LogP contribution in [0.5, 0.6) is 0 Å². The zero-order valence-corrected chi connectivity index (χ0v) is 20.0. The molecule has 36 heavy (non-hydrogen) atoms. The van der Waals surface area contributed by atoms with Crippen molar-refractivity contribution < 1.29 is 23.1 Å². The third-order valence-corrected chi connectivity index (χ3v) is 6.61. The van der Waals surface area contributed by atoms with E-state index in [1.54, 1.807) is 26.0 Å². The molecule has 0 amide bonds. The first kappa shape index (κ1) is 23.5. The van der Waals surface area contributed by atoms with Gasteiger partial charge in [-0.3, -0.25) is 4.79 Å². The summed E-state index contributed by atoms with van der Waals surface area (Å²) in [6.45, 7) is 6.24. The number of rotatable bonds is 5. The molecule has 8 heteroatoms. The molecule has 0 saturated heterocycles. The monoisotopic (exact) mass is 490 g/mol. The average Bonchev–Trinajstić information content (AvgIpc) is 3.23. The van der Waals surface area contributed by atoms with E-state index >= 15 is 0 Å². The van der Waals surface area contributed by atoms with Crippen molar-refractivity contribution in [3.8, 4) is 0 Å². The Morgan fingerprint density at radius 2 is 1.83 bits per heavy atom. The Kier molecular flexibility index (Phi) is 5.74. The molecule has 1 unspecified atom stereocenters. The van der Waals surface area contributed by atoms with Crippen molar-refractivity contribution >= 4 is 28.5 Å². The normalized spacial score (nSPS) is 13.6. The molecule has 1 aliphatic rings. The van der Waals surface area contributed by atoms with Crippen molar-refractivity contribution in [2.45, 2.75) is 39.9 Å². The van der Waals surface area contributed by atoms with Gasteiger partial charge >= 0.3 is 5.97 Å². The predicted octanol–water partition coefficient (Wildman–Crippen LogP) is 6.08. The zero-order chi connectivity index (χ0) is 25.7. The van der Waals surface area contributed by atoms with Crippen molar-refractivity contribution in [1.29, 1.82) is 0 Å². The maximum Gasteiger partial charge on any atom is 0.340 e. The van der Waals surface area contributed by atoms with Crippen LogP contribution in [0.3, 0.4) is 0 Å². The Morgan fingerprint density at radius 3 is 2.58 bits per heavy atom. The van der Waals surface area contributed by atoms with Gasteiger partial charge in [-0.15, -0.1) is 0 Å². The summed E-state index contributed by atoms with van der Waals surface area (Å²) in [6.07, 6.45) is 0. The highest BCUT2D eigenvalue weighted by atomic mass is 19.1. The maximum atomic E-state index is 14.2. The van der Waals surface area contributed by atoms with Crippen LogP contribution in [-0.4, -0.2) is 11.1 Å². The minimum atomic E-state index is -1.38. The molecule has 5 rings (SSSR count). The summed E-state index contributed by atoms with van der Waals surface area (Å²) in [7, 11) is 0. The number of benzene rings is 3. The van der Waals surface area contributed by atoms with E-state index in [1.807, 2.05) is 17.9 Å². The molecule has 1 aromatic heterocycles. The van der Waals surface area contributed by atoms with Gasteiger partial charge in [0.05, 0.1) is 22.7 Å². The fourth-order valence-corrected chi connectivity index (χ4v) is 4.86. The van der Waals surface area contributed by atoms with Crippen LogP contribution in [0.4, 0.5) is 20.4 Å². The molecular formula is C28H24F2N2O4. The topological polar surface area (TPSA) is 82.8 Å². The Bertz CT molecular complexity index is 1600. The van der Waals surface area contributed by atoms with Gasteiger partial charge in [0, 0.05) is 18.7 Å². The Hall–Kier alpha value is -4.20. The van der Waals surface area contributed by atoms with E-state index in [0.29, 0.717) is 41.1 Å². The minimum absolute atomic E-state index is 0.122. The molecule has 6 nitrogen and oxygen atoms in total. The van der Waals surface area contributed by atoms with E-state index in [1.165, 1.54) is 24.3 Å². The highest BCUT2D eigenvalue weighted by Gasteiger charge is 2.26. The van der Waals surface area contributed by atoms with Crippen molar-refractivity contribution in [3.63, 3.8) is 0 Å². The molecule has 1 atom stereocenters. The molecule has 0 saturated carbocycles. The summed E-state index contributed by atoms with van der Waals surface area (Å²) >= 11 is 0. The lowest BCUT2D eigenvalue weighted by Crippen LogP contribution is -2.20. The van der Waals surface area contributed by atoms with Crippen LogP contribution in [0.15, 0.2) is 57.7 Å². The van der Waals surface area contributed by atoms with Crippen LogP contribution in [-0.2, 0) is 13.1 Å². The predicted molar refractivity (Wildman–Crippen MR) is 134 cm³/mol.